The molecule has 1 heterocycles. The second-order valence-corrected chi connectivity index (χ2v) is 4.36. The molecule has 2 heteroatoms. The number of nitrogens with zero attached hydrogens (tertiary/aromatic N) is 1. The summed E-state index contributed by atoms with van der Waals surface area (Å²) >= 11 is 0. The van der Waals surface area contributed by atoms with Crippen LogP contribution in [0.1, 0.15) is 44.0 Å². The van der Waals surface area contributed by atoms with Crippen molar-refractivity contribution in [3.63, 3.8) is 0 Å². The Kier molecular flexibility index (Phi) is 5.20. The molecule has 0 amide bonds. The quantitative estimate of drug-likeness (QED) is 0.740. The minimum absolute atomic E-state index is 0.349. The molecular formula is C14H22N2. The molecule has 0 fully saturated rings. The normalized spacial score (nSPS) is 12.4. The van der Waals surface area contributed by atoms with Gasteiger partial charge in [0.15, 0.2) is 0 Å². The molecule has 2 nitrogen and oxygen atoms in total. The maximum Gasteiger partial charge on any atom is 0.0575 e. The Labute approximate surface area is 98.8 Å². The number of aromatic nitrogens is 1. The van der Waals surface area contributed by atoms with Gasteiger partial charge < -0.3 is 5.32 Å². The molecule has 1 aromatic heterocycles. The fraction of sp³-hybridized carbons (Fsp3) is 0.500. The van der Waals surface area contributed by atoms with Crippen LogP contribution in [0.15, 0.2) is 30.5 Å². The summed E-state index contributed by atoms with van der Waals surface area (Å²) in [6.07, 6.45) is 4.00. The van der Waals surface area contributed by atoms with Gasteiger partial charge in [-0.25, -0.2) is 0 Å². The Bertz CT molecular complexity index is 344. The van der Waals surface area contributed by atoms with Gasteiger partial charge in [0.05, 0.1) is 5.69 Å². The summed E-state index contributed by atoms with van der Waals surface area (Å²) in [4.78, 5) is 4.44. The van der Waals surface area contributed by atoms with Crippen LogP contribution in [0.3, 0.4) is 0 Å². The van der Waals surface area contributed by atoms with Crippen molar-refractivity contribution in [2.24, 2.45) is 0 Å². The van der Waals surface area contributed by atoms with E-state index in [4.69, 9.17) is 0 Å². The molecule has 88 valence electrons. The SMILES string of the molecule is C=C(C)CCC(NCC)c1cc(C)ccn1. The summed E-state index contributed by atoms with van der Waals surface area (Å²) in [6, 6.07) is 4.54. The molecule has 0 aliphatic heterocycles. The van der Waals surface area contributed by atoms with E-state index in [1.165, 1.54) is 11.1 Å². The number of hydrogen-bond donors (Lipinski definition) is 1. The first-order valence-electron chi connectivity index (χ1n) is 5.93. The van der Waals surface area contributed by atoms with E-state index in [0.29, 0.717) is 6.04 Å². The van der Waals surface area contributed by atoms with E-state index < -0.39 is 0 Å². The summed E-state index contributed by atoms with van der Waals surface area (Å²) in [6.45, 7) is 11.2. The van der Waals surface area contributed by atoms with E-state index in [1.807, 2.05) is 12.3 Å². The third kappa shape index (κ3) is 4.15. The zero-order valence-corrected chi connectivity index (χ0v) is 10.6. The lowest BCUT2D eigenvalue weighted by molar-refractivity contribution is 0.503. The third-order valence-electron chi connectivity index (χ3n) is 2.60. The first-order chi connectivity index (χ1) is 7.63. The molecule has 16 heavy (non-hydrogen) atoms. The highest BCUT2D eigenvalue weighted by Gasteiger charge is 2.11. The molecule has 0 aliphatic rings. The molecule has 0 bridgehead atoms. The molecule has 0 saturated heterocycles. The highest BCUT2D eigenvalue weighted by molar-refractivity contribution is 5.17. The average molecular weight is 218 g/mol. The number of rotatable bonds is 6. The molecule has 1 atom stereocenters. The fourth-order valence-corrected chi connectivity index (χ4v) is 1.74. The predicted octanol–water partition coefficient (Wildman–Crippen LogP) is 3.40. The van der Waals surface area contributed by atoms with Gasteiger partial charge in [-0.1, -0.05) is 12.5 Å². The van der Waals surface area contributed by atoms with Crippen LogP contribution in [0.4, 0.5) is 0 Å². The van der Waals surface area contributed by atoms with Gasteiger partial charge in [-0.2, -0.15) is 0 Å². The van der Waals surface area contributed by atoms with Gasteiger partial charge in [0.2, 0.25) is 0 Å². The second-order valence-electron chi connectivity index (χ2n) is 4.36. The maximum atomic E-state index is 4.44. The van der Waals surface area contributed by atoms with Gasteiger partial charge in [0, 0.05) is 12.2 Å². The van der Waals surface area contributed by atoms with E-state index in [0.717, 1.165) is 25.1 Å². The Balaban J connectivity index is 2.72. The molecule has 1 unspecified atom stereocenters. The molecule has 0 radical (unpaired) electrons. The predicted molar refractivity (Wildman–Crippen MR) is 69.4 cm³/mol. The second kappa shape index (κ2) is 6.44. The Morgan fingerprint density at radius 2 is 2.31 bits per heavy atom. The van der Waals surface area contributed by atoms with E-state index in [-0.39, 0.29) is 0 Å². The Morgan fingerprint density at radius 1 is 1.56 bits per heavy atom. The van der Waals surface area contributed by atoms with Crippen LogP contribution in [0.25, 0.3) is 0 Å². The average Bonchev–Trinajstić information content (AvgIpc) is 2.24. The maximum absolute atomic E-state index is 4.44. The molecule has 1 rings (SSSR count). The fourth-order valence-electron chi connectivity index (χ4n) is 1.74. The molecule has 0 aliphatic carbocycles. The van der Waals surface area contributed by atoms with Crippen LogP contribution < -0.4 is 5.32 Å². The van der Waals surface area contributed by atoms with Crippen molar-refractivity contribution in [1.29, 1.82) is 0 Å². The molecule has 0 aromatic carbocycles. The van der Waals surface area contributed by atoms with Gasteiger partial charge >= 0.3 is 0 Å². The number of pyridine rings is 1. The first-order valence-corrected chi connectivity index (χ1v) is 5.93. The molecular weight excluding hydrogens is 196 g/mol. The van der Waals surface area contributed by atoms with Gasteiger partial charge in [-0.15, -0.1) is 6.58 Å². The minimum atomic E-state index is 0.349. The highest BCUT2D eigenvalue weighted by Crippen LogP contribution is 2.19. The van der Waals surface area contributed by atoms with E-state index >= 15 is 0 Å². The smallest absolute Gasteiger partial charge is 0.0575 e. The summed E-state index contributed by atoms with van der Waals surface area (Å²) in [5, 5.41) is 3.48. The van der Waals surface area contributed by atoms with Gasteiger partial charge in [-0.05, 0) is 50.9 Å². The zero-order valence-electron chi connectivity index (χ0n) is 10.6. The van der Waals surface area contributed by atoms with Gasteiger partial charge in [-0.3, -0.25) is 4.98 Å². The van der Waals surface area contributed by atoms with E-state index in [9.17, 15) is 0 Å². The highest BCUT2D eigenvalue weighted by atomic mass is 14.9. The standard InChI is InChI=1S/C14H22N2/c1-5-15-13(7-6-11(2)3)14-10-12(4)8-9-16-14/h8-10,13,15H,2,5-7H2,1,3-4H3. The monoisotopic (exact) mass is 218 g/mol. The number of aryl methyl sites for hydroxylation is 1. The lowest BCUT2D eigenvalue weighted by atomic mass is 10.0. The van der Waals surface area contributed by atoms with Crippen LogP contribution in [0.5, 0.6) is 0 Å². The largest absolute Gasteiger partial charge is 0.309 e. The third-order valence-corrected chi connectivity index (χ3v) is 2.60. The minimum Gasteiger partial charge on any atom is -0.309 e. The van der Waals surface area contributed by atoms with Crippen LogP contribution in [0.2, 0.25) is 0 Å². The van der Waals surface area contributed by atoms with Gasteiger partial charge in [0.1, 0.15) is 0 Å². The summed E-state index contributed by atoms with van der Waals surface area (Å²) in [5.74, 6) is 0. The summed E-state index contributed by atoms with van der Waals surface area (Å²) in [5.41, 5.74) is 3.64. The van der Waals surface area contributed by atoms with E-state index in [1.54, 1.807) is 0 Å². The lowest BCUT2D eigenvalue weighted by Crippen LogP contribution is -2.22. The Hall–Kier alpha value is -1.15. The molecule has 0 spiro atoms. The van der Waals surface area contributed by atoms with Crippen molar-refractivity contribution in [2.45, 2.75) is 39.7 Å². The van der Waals surface area contributed by atoms with Crippen molar-refractivity contribution in [1.82, 2.24) is 10.3 Å². The van der Waals surface area contributed by atoms with Crippen molar-refractivity contribution >= 4 is 0 Å². The van der Waals surface area contributed by atoms with Crippen LogP contribution in [-0.2, 0) is 0 Å². The van der Waals surface area contributed by atoms with Crippen LogP contribution in [-0.4, -0.2) is 11.5 Å². The summed E-state index contributed by atoms with van der Waals surface area (Å²) in [7, 11) is 0. The summed E-state index contributed by atoms with van der Waals surface area (Å²) < 4.78 is 0. The topological polar surface area (TPSA) is 24.9 Å². The number of nitrogens with one attached hydrogen (secondary N) is 1. The number of allylic oxidation sites excluding steroid dienone is 1. The molecule has 1 aromatic rings. The van der Waals surface area contributed by atoms with Crippen LogP contribution >= 0.6 is 0 Å². The zero-order chi connectivity index (χ0) is 12.0. The lowest BCUT2D eigenvalue weighted by Gasteiger charge is -2.17. The number of hydrogen-bond acceptors (Lipinski definition) is 2. The van der Waals surface area contributed by atoms with Crippen molar-refractivity contribution < 1.29 is 0 Å². The van der Waals surface area contributed by atoms with Crippen molar-refractivity contribution in [3.8, 4) is 0 Å². The first kappa shape index (κ1) is 12.9. The van der Waals surface area contributed by atoms with Crippen LogP contribution in [0, 0.1) is 6.92 Å². The van der Waals surface area contributed by atoms with Crippen molar-refractivity contribution in [2.75, 3.05) is 6.54 Å². The molecule has 0 saturated carbocycles. The Morgan fingerprint density at radius 3 is 2.88 bits per heavy atom. The molecule has 1 N–H and O–H groups in total. The van der Waals surface area contributed by atoms with E-state index in [2.05, 4.69) is 43.7 Å². The van der Waals surface area contributed by atoms with Crippen molar-refractivity contribution in [3.05, 3.63) is 41.7 Å². The van der Waals surface area contributed by atoms with Gasteiger partial charge in [0.25, 0.3) is 0 Å².